The van der Waals surface area contributed by atoms with Crippen molar-refractivity contribution in [3.63, 3.8) is 0 Å². The first-order valence-corrected chi connectivity index (χ1v) is 6.48. The Morgan fingerprint density at radius 1 is 1.07 bits per heavy atom. The third-order valence-electron chi connectivity index (χ3n) is 2.30. The van der Waals surface area contributed by atoms with Crippen LogP contribution in [0.4, 0.5) is 0 Å². The molecule has 0 fully saturated rings. The van der Waals surface area contributed by atoms with E-state index in [-0.39, 0.29) is 6.61 Å². The highest BCUT2D eigenvalue weighted by molar-refractivity contribution is 7.80. The molecule has 0 rings (SSSR count). The molecule has 0 saturated carbocycles. The van der Waals surface area contributed by atoms with Gasteiger partial charge in [-0.3, -0.25) is 0 Å². The minimum Gasteiger partial charge on any atom is -0.487 e. The summed E-state index contributed by atoms with van der Waals surface area (Å²) in [6, 6.07) is 0. The maximum atomic E-state index is 8.59. The number of aliphatic hydroxyl groups excluding tert-OH is 1. The molecule has 0 radical (unpaired) electrons. The maximum absolute atomic E-state index is 8.59. The van der Waals surface area contributed by atoms with Gasteiger partial charge in [-0.05, 0) is 25.1 Å². The third kappa shape index (κ3) is 11.8. The lowest BCUT2D eigenvalue weighted by Crippen LogP contribution is -2.04. The summed E-state index contributed by atoms with van der Waals surface area (Å²) in [4.78, 5) is 0. The van der Waals surface area contributed by atoms with Gasteiger partial charge >= 0.3 is 0 Å². The van der Waals surface area contributed by atoms with E-state index in [4.69, 9.17) is 22.1 Å². The predicted octanol–water partition coefficient (Wildman–Crippen LogP) is 3.46. The fourth-order valence-electron chi connectivity index (χ4n) is 1.36. The second-order valence-corrected chi connectivity index (χ2v) is 4.27. The Kier molecular flexibility index (Phi) is 11.8. The van der Waals surface area contributed by atoms with Crippen LogP contribution in [-0.2, 0) is 4.74 Å². The van der Waals surface area contributed by atoms with Crippen molar-refractivity contribution >= 4 is 17.3 Å². The van der Waals surface area contributed by atoms with Crippen molar-refractivity contribution in [1.82, 2.24) is 0 Å². The summed E-state index contributed by atoms with van der Waals surface area (Å²) in [5.41, 5.74) is 0. The first-order chi connectivity index (χ1) is 7.31. The van der Waals surface area contributed by atoms with Crippen LogP contribution in [0.2, 0.25) is 0 Å². The topological polar surface area (TPSA) is 29.5 Å². The zero-order valence-corrected chi connectivity index (χ0v) is 10.7. The van der Waals surface area contributed by atoms with E-state index in [0.29, 0.717) is 11.5 Å². The summed E-state index contributed by atoms with van der Waals surface area (Å²) in [5, 5.41) is 9.24. The van der Waals surface area contributed by atoms with Gasteiger partial charge in [-0.15, -0.1) is 0 Å². The monoisotopic (exact) mass is 232 g/mol. The molecule has 0 aromatic heterocycles. The van der Waals surface area contributed by atoms with E-state index in [1.54, 1.807) is 0 Å². The summed E-state index contributed by atoms with van der Waals surface area (Å²) < 4.78 is 5.37. The molecule has 0 saturated heterocycles. The zero-order valence-electron chi connectivity index (χ0n) is 9.83. The average molecular weight is 232 g/mol. The average Bonchev–Trinajstić information content (AvgIpc) is 2.25. The van der Waals surface area contributed by atoms with Gasteiger partial charge in [0.05, 0.1) is 6.61 Å². The summed E-state index contributed by atoms with van der Waals surface area (Å²) in [7, 11) is 0. The zero-order chi connectivity index (χ0) is 11.4. The van der Waals surface area contributed by atoms with Gasteiger partial charge in [0.1, 0.15) is 0 Å². The van der Waals surface area contributed by atoms with Crippen LogP contribution in [0.5, 0.6) is 0 Å². The molecule has 0 bridgehead atoms. The van der Waals surface area contributed by atoms with E-state index in [1.165, 1.54) is 32.1 Å². The minimum atomic E-state index is 0.195. The molecule has 1 N–H and O–H groups in total. The molecule has 0 atom stereocenters. The number of ether oxygens (including phenoxy) is 1. The molecule has 0 aliphatic heterocycles. The molecule has 15 heavy (non-hydrogen) atoms. The van der Waals surface area contributed by atoms with Crippen molar-refractivity contribution in [3.8, 4) is 0 Å². The van der Waals surface area contributed by atoms with Gasteiger partial charge in [-0.25, -0.2) is 0 Å². The second kappa shape index (κ2) is 11.9. The molecule has 0 amide bonds. The molecule has 90 valence electrons. The molecular weight excluding hydrogens is 208 g/mol. The second-order valence-electron chi connectivity index (χ2n) is 3.82. The maximum Gasteiger partial charge on any atom is 0.159 e. The summed E-state index contributed by atoms with van der Waals surface area (Å²) in [5.74, 6) is 0. The molecule has 2 nitrogen and oxygen atoms in total. The first kappa shape index (κ1) is 14.8. The number of unbranched alkanes of at least 4 members (excludes halogenated alkanes) is 5. The number of hydrogen-bond donors (Lipinski definition) is 1. The standard InChI is InChI=1S/C12H24O2S/c1-2-3-4-5-6-7-11-14-12(15)9-8-10-13/h13H,2-11H2,1H3. The van der Waals surface area contributed by atoms with Crippen molar-refractivity contribution in [2.75, 3.05) is 13.2 Å². The Morgan fingerprint density at radius 3 is 2.40 bits per heavy atom. The van der Waals surface area contributed by atoms with E-state index in [0.717, 1.165) is 19.4 Å². The number of hydrogen-bond acceptors (Lipinski definition) is 3. The summed E-state index contributed by atoms with van der Waals surface area (Å²) in [6.45, 7) is 3.17. The van der Waals surface area contributed by atoms with Gasteiger partial charge in [0, 0.05) is 13.0 Å². The smallest absolute Gasteiger partial charge is 0.159 e. The van der Waals surface area contributed by atoms with Gasteiger partial charge in [0.2, 0.25) is 0 Å². The molecular formula is C12H24O2S. The van der Waals surface area contributed by atoms with Gasteiger partial charge in [0.15, 0.2) is 5.05 Å². The first-order valence-electron chi connectivity index (χ1n) is 6.07. The highest BCUT2D eigenvalue weighted by atomic mass is 32.1. The van der Waals surface area contributed by atoms with E-state index in [2.05, 4.69) is 6.92 Å². The highest BCUT2D eigenvalue weighted by Crippen LogP contribution is 2.05. The van der Waals surface area contributed by atoms with Crippen LogP contribution in [-0.4, -0.2) is 23.4 Å². The minimum absolute atomic E-state index is 0.195. The number of rotatable bonds is 10. The lowest BCUT2D eigenvalue weighted by Gasteiger charge is -2.06. The van der Waals surface area contributed by atoms with Crippen LogP contribution in [0.25, 0.3) is 0 Å². The molecule has 3 heteroatoms. The normalized spacial score (nSPS) is 10.3. The Labute approximate surface area is 99.0 Å². The molecule has 0 spiro atoms. The van der Waals surface area contributed by atoms with Gasteiger partial charge in [-0.2, -0.15) is 0 Å². The lowest BCUT2D eigenvalue weighted by atomic mass is 10.1. The van der Waals surface area contributed by atoms with Gasteiger partial charge in [-0.1, -0.05) is 39.0 Å². The third-order valence-corrected chi connectivity index (χ3v) is 2.62. The van der Waals surface area contributed by atoms with Crippen LogP contribution < -0.4 is 0 Å². The van der Waals surface area contributed by atoms with Crippen molar-refractivity contribution in [2.45, 2.75) is 58.3 Å². The van der Waals surface area contributed by atoms with Crippen LogP contribution in [0.15, 0.2) is 0 Å². The van der Waals surface area contributed by atoms with Crippen LogP contribution in [0.1, 0.15) is 58.3 Å². The van der Waals surface area contributed by atoms with Crippen LogP contribution in [0.3, 0.4) is 0 Å². The lowest BCUT2D eigenvalue weighted by molar-refractivity contribution is 0.270. The molecule has 0 heterocycles. The highest BCUT2D eigenvalue weighted by Gasteiger charge is 1.97. The number of aliphatic hydroxyl groups is 1. The Hall–Kier alpha value is -0.150. The van der Waals surface area contributed by atoms with Gasteiger partial charge in [0.25, 0.3) is 0 Å². The Balaban J connectivity index is 3.06. The van der Waals surface area contributed by atoms with E-state index >= 15 is 0 Å². The largest absolute Gasteiger partial charge is 0.487 e. The quantitative estimate of drug-likeness (QED) is 0.462. The van der Waals surface area contributed by atoms with Crippen LogP contribution in [0, 0.1) is 0 Å². The fraction of sp³-hybridized carbons (Fsp3) is 0.917. The van der Waals surface area contributed by atoms with Crippen molar-refractivity contribution in [3.05, 3.63) is 0 Å². The molecule has 0 unspecified atom stereocenters. The predicted molar refractivity (Wildman–Crippen MR) is 68.2 cm³/mol. The van der Waals surface area contributed by atoms with Gasteiger partial charge < -0.3 is 9.84 Å². The van der Waals surface area contributed by atoms with Crippen LogP contribution >= 0.6 is 12.2 Å². The van der Waals surface area contributed by atoms with E-state index < -0.39 is 0 Å². The molecule has 0 aromatic carbocycles. The van der Waals surface area contributed by atoms with E-state index in [9.17, 15) is 0 Å². The summed E-state index contributed by atoms with van der Waals surface area (Å²) >= 11 is 5.01. The molecule has 0 aromatic rings. The number of thiocarbonyl (C=S) groups is 1. The fourth-order valence-corrected chi connectivity index (χ4v) is 1.59. The van der Waals surface area contributed by atoms with E-state index in [1.807, 2.05) is 0 Å². The summed E-state index contributed by atoms with van der Waals surface area (Å²) in [6.07, 6.45) is 9.05. The van der Waals surface area contributed by atoms with Crippen molar-refractivity contribution < 1.29 is 9.84 Å². The van der Waals surface area contributed by atoms with Crippen molar-refractivity contribution in [1.29, 1.82) is 0 Å². The Bertz CT molecular complexity index is 149. The SMILES string of the molecule is CCCCCCCCOC(=S)CCCO. The molecule has 0 aliphatic carbocycles. The molecule has 0 aliphatic rings. The Morgan fingerprint density at radius 2 is 1.73 bits per heavy atom. The van der Waals surface area contributed by atoms with Crippen molar-refractivity contribution in [2.24, 2.45) is 0 Å².